The Morgan fingerprint density at radius 3 is 1.85 bits per heavy atom. The summed E-state index contributed by atoms with van der Waals surface area (Å²) in [5.74, 6) is -0.864. The first-order chi connectivity index (χ1) is 28.2. The summed E-state index contributed by atoms with van der Waals surface area (Å²) in [6.07, 6.45) is 0. The third kappa shape index (κ3) is 4.93. The molecule has 0 unspecified atom stereocenters. The summed E-state index contributed by atoms with van der Waals surface area (Å²) >= 11 is 0. The Morgan fingerprint density at radius 2 is 1.11 bits per heavy atom. The lowest BCUT2D eigenvalue weighted by Gasteiger charge is -2.10. The molecular formula is C43H27N3O. The summed E-state index contributed by atoms with van der Waals surface area (Å²) in [5.41, 5.74) is 3.11. The van der Waals surface area contributed by atoms with Gasteiger partial charge in [-0.05, 0) is 63.4 Å². The van der Waals surface area contributed by atoms with Crippen molar-refractivity contribution in [3.63, 3.8) is 0 Å². The quantitative estimate of drug-likeness (QED) is 0.194. The van der Waals surface area contributed by atoms with Gasteiger partial charge in [-0.3, -0.25) is 0 Å². The molecule has 4 nitrogen and oxygen atoms in total. The molecular weight excluding hydrogens is 574 g/mol. The third-order valence-corrected chi connectivity index (χ3v) is 7.91. The van der Waals surface area contributed by atoms with Crippen molar-refractivity contribution in [2.24, 2.45) is 0 Å². The van der Waals surface area contributed by atoms with Gasteiger partial charge in [-0.25, -0.2) is 15.0 Å². The number of fused-ring (bicyclic) bond motifs is 4. The molecule has 0 saturated carbocycles. The van der Waals surface area contributed by atoms with Crippen LogP contribution in [-0.2, 0) is 0 Å². The van der Waals surface area contributed by atoms with Crippen LogP contribution in [-0.4, -0.2) is 15.0 Å². The van der Waals surface area contributed by atoms with E-state index in [4.69, 9.17) is 20.9 Å². The summed E-state index contributed by atoms with van der Waals surface area (Å²) in [4.78, 5) is 13.5. The van der Waals surface area contributed by atoms with E-state index in [-0.39, 0.29) is 40.7 Å². The topological polar surface area (TPSA) is 51.8 Å². The van der Waals surface area contributed by atoms with Crippen LogP contribution in [0.15, 0.2) is 168 Å². The lowest BCUT2D eigenvalue weighted by molar-refractivity contribution is 0.669. The monoisotopic (exact) mass is 613 g/mol. The molecule has 2 aromatic heterocycles. The van der Waals surface area contributed by atoms with Gasteiger partial charge in [0.15, 0.2) is 17.5 Å². The molecule has 7 aromatic carbocycles. The first-order valence-corrected chi connectivity index (χ1v) is 14.7. The molecule has 2 heterocycles. The van der Waals surface area contributed by atoms with Gasteiger partial charge in [0.25, 0.3) is 0 Å². The smallest absolute Gasteiger partial charge is 0.164 e. The number of hydrogen-bond donors (Lipinski definition) is 0. The van der Waals surface area contributed by atoms with Gasteiger partial charge in [0, 0.05) is 27.5 Å². The van der Waals surface area contributed by atoms with Crippen LogP contribution in [0.3, 0.4) is 0 Å². The molecule has 0 bridgehead atoms. The van der Waals surface area contributed by atoms with Crippen molar-refractivity contribution in [3.8, 4) is 56.4 Å². The zero-order valence-corrected chi connectivity index (χ0v) is 24.4. The van der Waals surface area contributed by atoms with E-state index >= 15 is 0 Å². The fraction of sp³-hybridized carbons (Fsp3) is 0. The first kappa shape index (κ1) is 17.3. The number of rotatable bonds is 5. The molecule has 0 saturated heterocycles. The summed E-state index contributed by atoms with van der Waals surface area (Å²) in [6.45, 7) is 0. The van der Waals surface area contributed by atoms with E-state index in [2.05, 4.69) is 15.0 Å². The van der Waals surface area contributed by atoms with Crippen molar-refractivity contribution >= 4 is 32.7 Å². The molecule has 0 fully saturated rings. The maximum absolute atomic E-state index is 9.07. The summed E-state index contributed by atoms with van der Waals surface area (Å²) in [6, 6.07) is 21.8. The third-order valence-electron chi connectivity index (χ3n) is 7.91. The first-order valence-electron chi connectivity index (χ1n) is 20.7. The number of hydrogen-bond acceptors (Lipinski definition) is 4. The highest BCUT2D eigenvalue weighted by Gasteiger charge is 2.16. The Hall–Kier alpha value is -6.39. The minimum Gasteiger partial charge on any atom is -0.456 e. The molecule has 0 aliphatic rings. The van der Waals surface area contributed by atoms with Crippen LogP contribution in [0, 0.1) is 0 Å². The molecule has 0 aliphatic carbocycles. The Kier molecular flexibility index (Phi) is 4.13. The van der Waals surface area contributed by atoms with E-state index in [9.17, 15) is 0 Å². The lowest BCUT2D eigenvalue weighted by atomic mass is 9.96. The average Bonchev–Trinajstić information content (AvgIpc) is 3.60. The predicted octanol–water partition coefficient (Wildman–Crippen LogP) is 11.3. The van der Waals surface area contributed by atoms with Crippen molar-refractivity contribution in [1.82, 2.24) is 15.0 Å². The fourth-order valence-corrected chi connectivity index (χ4v) is 5.72. The number of aromatic nitrogens is 3. The van der Waals surface area contributed by atoms with Crippen LogP contribution in [0.4, 0.5) is 0 Å². The van der Waals surface area contributed by atoms with Crippen molar-refractivity contribution in [3.05, 3.63) is 164 Å². The lowest BCUT2D eigenvalue weighted by Crippen LogP contribution is -2.00. The molecule has 0 atom stereocenters. The Morgan fingerprint density at radius 1 is 0.426 bits per heavy atom. The molecule has 9 aromatic rings. The SMILES string of the molecule is [2H]c1cc2c(cc1-c1ccc3ccccc3c1)oc1ccc([2H])c(-c3cccc(-c4nc(-c5c([2H])c([2H])c([2H])c([2H])c5[2H])nc(-c5c([2H])c([2H])c([2H])c([2H])c5[2H])n4)c3)c12. The molecule has 0 aliphatic heterocycles. The van der Waals surface area contributed by atoms with E-state index in [1.54, 1.807) is 42.5 Å². The van der Waals surface area contributed by atoms with E-state index in [0.29, 0.717) is 44.2 Å². The van der Waals surface area contributed by atoms with Crippen LogP contribution in [0.5, 0.6) is 0 Å². The largest absolute Gasteiger partial charge is 0.456 e. The molecule has 0 N–H and O–H groups in total. The summed E-state index contributed by atoms with van der Waals surface area (Å²) in [5, 5.41) is 3.33. The van der Waals surface area contributed by atoms with Crippen molar-refractivity contribution in [2.45, 2.75) is 0 Å². The molecule has 9 rings (SSSR count). The van der Waals surface area contributed by atoms with Gasteiger partial charge in [-0.2, -0.15) is 0 Å². The van der Waals surface area contributed by atoms with Gasteiger partial charge < -0.3 is 4.42 Å². The molecule has 4 heteroatoms. The maximum atomic E-state index is 9.07. The summed E-state index contributed by atoms with van der Waals surface area (Å²) in [7, 11) is 0. The predicted molar refractivity (Wildman–Crippen MR) is 192 cm³/mol. The number of nitrogens with zero attached hydrogens (tertiary/aromatic N) is 3. The number of benzene rings is 7. The normalized spacial score (nSPS) is 15.0. The zero-order valence-electron chi connectivity index (χ0n) is 36.4. The minimum atomic E-state index is -0.641. The van der Waals surface area contributed by atoms with Crippen LogP contribution < -0.4 is 0 Å². The van der Waals surface area contributed by atoms with Crippen LogP contribution in [0.1, 0.15) is 16.4 Å². The second-order valence-electron chi connectivity index (χ2n) is 10.8. The fourth-order valence-electron chi connectivity index (χ4n) is 5.72. The van der Waals surface area contributed by atoms with Gasteiger partial charge in [0.2, 0.25) is 0 Å². The molecule has 47 heavy (non-hydrogen) atoms. The summed E-state index contributed by atoms with van der Waals surface area (Å²) < 4.78 is 108. The van der Waals surface area contributed by atoms with E-state index in [0.717, 1.165) is 16.3 Å². The van der Waals surface area contributed by atoms with Gasteiger partial charge in [0.1, 0.15) is 11.2 Å². The highest BCUT2D eigenvalue weighted by Crippen LogP contribution is 2.39. The second-order valence-corrected chi connectivity index (χ2v) is 10.8. The van der Waals surface area contributed by atoms with Crippen molar-refractivity contribution < 1.29 is 20.9 Å². The van der Waals surface area contributed by atoms with E-state index in [1.807, 2.05) is 48.5 Å². The highest BCUT2D eigenvalue weighted by atomic mass is 16.3. The molecule has 0 spiro atoms. The van der Waals surface area contributed by atoms with Crippen LogP contribution in [0.25, 0.3) is 89.1 Å². The minimum absolute atomic E-state index is 0.102. The van der Waals surface area contributed by atoms with Gasteiger partial charge in [-0.15, -0.1) is 0 Å². The average molecular weight is 614 g/mol. The van der Waals surface area contributed by atoms with Gasteiger partial charge in [-0.1, -0.05) is 133 Å². The Bertz CT molecular complexity index is 3130. The van der Waals surface area contributed by atoms with Crippen molar-refractivity contribution in [1.29, 1.82) is 0 Å². The standard InChI is InChI=1S/C43H27N3O/c1-3-12-29(13-4-1)41-44-42(30-14-5-2-6-15-30)46-43(45-41)35-18-9-17-34(26-35)36-19-10-20-38-40(36)37-24-23-33(27-39(37)47-38)32-22-21-28-11-7-8-16-31(28)25-32/h1-27H/i1D,2D,3D,4D,5D,6D,12D,13D,14D,15D,19D,23D. The Balaban J connectivity index is 1.25. The second kappa shape index (κ2) is 11.2. The highest BCUT2D eigenvalue weighted by molar-refractivity contribution is 6.13. The van der Waals surface area contributed by atoms with E-state index in [1.165, 1.54) is 0 Å². The van der Waals surface area contributed by atoms with Crippen LogP contribution in [0.2, 0.25) is 0 Å². The number of furan rings is 1. The molecule has 0 amide bonds. The molecule has 0 radical (unpaired) electrons. The van der Waals surface area contributed by atoms with E-state index < -0.39 is 60.4 Å². The maximum Gasteiger partial charge on any atom is 0.164 e. The van der Waals surface area contributed by atoms with Gasteiger partial charge >= 0.3 is 0 Å². The Labute approximate surface area is 288 Å². The van der Waals surface area contributed by atoms with Crippen molar-refractivity contribution in [2.75, 3.05) is 0 Å². The molecule has 220 valence electrons. The van der Waals surface area contributed by atoms with Gasteiger partial charge in [0.05, 0.1) is 16.4 Å². The van der Waals surface area contributed by atoms with Crippen LogP contribution >= 0.6 is 0 Å². The zero-order chi connectivity index (χ0) is 41.6.